The Labute approximate surface area is 119 Å². The first-order valence-electron chi connectivity index (χ1n) is 7.38. The zero-order chi connectivity index (χ0) is 14.5. The predicted octanol–water partition coefficient (Wildman–Crippen LogP) is 1.99. The second kappa shape index (κ2) is 7.20. The molecule has 2 atom stereocenters. The first-order chi connectivity index (χ1) is 9.61. The Hall–Kier alpha value is -0.905. The van der Waals surface area contributed by atoms with Crippen LogP contribution in [-0.2, 0) is 11.3 Å². The average Bonchev–Trinajstić information content (AvgIpc) is 2.46. The second-order valence-electron chi connectivity index (χ2n) is 5.53. The van der Waals surface area contributed by atoms with Gasteiger partial charge in [-0.1, -0.05) is 38.3 Å². The van der Waals surface area contributed by atoms with Gasteiger partial charge in [-0.3, -0.25) is 0 Å². The van der Waals surface area contributed by atoms with Crippen LogP contribution in [0.25, 0.3) is 0 Å². The number of hydrogen-bond acceptors (Lipinski definition) is 3. The molecule has 0 aromatic heterocycles. The van der Waals surface area contributed by atoms with Gasteiger partial charge in [-0.15, -0.1) is 0 Å². The van der Waals surface area contributed by atoms with Crippen LogP contribution in [0.2, 0.25) is 0 Å². The van der Waals surface area contributed by atoms with Crippen molar-refractivity contribution in [2.24, 2.45) is 5.92 Å². The van der Waals surface area contributed by atoms with Crippen molar-refractivity contribution in [3.8, 4) is 0 Å². The van der Waals surface area contributed by atoms with Gasteiger partial charge < -0.3 is 14.8 Å². The summed E-state index contributed by atoms with van der Waals surface area (Å²) in [5.41, 5.74) is 0.630. The maximum absolute atomic E-state index is 13.8. The van der Waals surface area contributed by atoms with Crippen LogP contribution in [0.1, 0.15) is 44.6 Å². The molecule has 1 aliphatic rings. The van der Waals surface area contributed by atoms with Crippen molar-refractivity contribution in [3.05, 3.63) is 29.6 Å². The van der Waals surface area contributed by atoms with Crippen LogP contribution in [0, 0.1) is 11.7 Å². The van der Waals surface area contributed by atoms with E-state index in [1.165, 1.54) is 25.3 Å². The molecule has 0 saturated heterocycles. The first kappa shape index (κ1) is 15.5. The van der Waals surface area contributed by atoms with Crippen LogP contribution in [0.15, 0.2) is 18.2 Å². The SMILES string of the molecule is CCC1CCCCC1OCc1ccc(B(O)O)cc1F. The fraction of sp³-hybridized carbons (Fsp3) is 0.600. The van der Waals surface area contributed by atoms with Crippen molar-refractivity contribution in [1.29, 1.82) is 0 Å². The molecular weight excluding hydrogens is 258 g/mol. The van der Waals surface area contributed by atoms with Gasteiger partial charge in [0.25, 0.3) is 0 Å². The van der Waals surface area contributed by atoms with Crippen LogP contribution < -0.4 is 5.46 Å². The van der Waals surface area contributed by atoms with Crippen molar-refractivity contribution in [2.75, 3.05) is 0 Å². The summed E-state index contributed by atoms with van der Waals surface area (Å²) in [5.74, 6) is 0.129. The summed E-state index contributed by atoms with van der Waals surface area (Å²) >= 11 is 0. The Kier molecular flexibility index (Phi) is 5.58. The standard InChI is InChI=1S/C15H22BFO3/c1-2-11-5-3-4-6-15(11)20-10-12-7-8-13(16(18)19)9-14(12)17/h7-9,11,15,18-19H,2-6,10H2,1H3. The van der Waals surface area contributed by atoms with Crippen LogP contribution in [0.4, 0.5) is 4.39 Å². The van der Waals surface area contributed by atoms with Gasteiger partial charge in [0.05, 0.1) is 12.7 Å². The maximum Gasteiger partial charge on any atom is 0.488 e. The van der Waals surface area contributed by atoms with Gasteiger partial charge in [0, 0.05) is 5.56 Å². The molecule has 20 heavy (non-hydrogen) atoms. The largest absolute Gasteiger partial charge is 0.488 e. The Morgan fingerprint density at radius 2 is 2.05 bits per heavy atom. The predicted molar refractivity (Wildman–Crippen MR) is 77.1 cm³/mol. The quantitative estimate of drug-likeness (QED) is 0.811. The number of rotatable bonds is 5. The number of ether oxygens (including phenoxy) is 1. The lowest BCUT2D eigenvalue weighted by molar-refractivity contribution is -0.0231. The third kappa shape index (κ3) is 3.81. The smallest absolute Gasteiger partial charge is 0.423 e. The van der Waals surface area contributed by atoms with Gasteiger partial charge >= 0.3 is 7.12 Å². The molecule has 5 heteroatoms. The molecule has 3 nitrogen and oxygen atoms in total. The lowest BCUT2D eigenvalue weighted by Crippen LogP contribution is -2.30. The van der Waals surface area contributed by atoms with Gasteiger partial charge in [0.15, 0.2) is 0 Å². The summed E-state index contributed by atoms with van der Waals surface area (Å²) < 4.78 is 19.7. The minimum absolute atomic E-state index is 0.162. The fourth-order valence-electron chi connectivity index (χ4n) is 2.90. The van der Waals surface area contributed by atoms with Crippen molar-refractivity contribution in [3.63, 3.8) is 0 Å². The van der Waals surface area contributed by atoms with E-state index in [9.17, 15) is 4.39 Å². The average molecular weight is 280 g/mol. The Morgan fingerprint density at radius 1 is 1.30 bits per heavy atom. The molecule has 0 aliphatic heterocycles. The summed E-state index contributed by atoms with van der Waals surface area (Å²) in [5, 5.41) is 18.0. The van der Waals surface area contributed by atoms with E-state index in [4.69, 9.17) is 14.8 Å². The first-order valence-corrected chi connectivity index (χ1v) is 7.38. The third-order valence-corrected chi connectivity index (χ3v) is 4.19. The highest BCUT2D eigenvalue weighted by molar-refractivity contribution is 6.58. The van der Waals surface area contributed by atoms with Crippen LogP contribution >= 0.6 is 0 Å². The molecule has 0 heterocycles. The fourth-order valence-corrected chi connectivity index (χ4v) is 2.90. The molecule has 1 saturated carbocycles. The van der Waals surface area contributed by atoms with Crippen molar-refractivity contribution in [2.45, 2.75) is 51.7 Å². The molecule has 0 spiro atoms. The number of halogens is 1. The molecule has 0 bridgehead atoms. The zero-order valence-electron chi connectivity index (χ0n) is 11.9. The highest BCUT2D eigenvalue weighted by atomic mass is 19.1. The van der Waals surface area contributed by atoms with Crippen molar-refractivity contribution < 1.29 is 19.2 Å². The van der Waals surface area contributed by atoms with Gasteiger partial charge in [-0.25, -0.2) is 4.39 Å². The van der Waals surface area contributed by atoms with Crippen molar-refractivity contribution in [1.82, 2.24) is 0 Å². The van der Waals surface area contributed by atoms with E-state index in [0.717, 1.165) is 18.9 Å². The van der Waals surface area contributed by atoms with E-state index in [1.807, 2.05) is 0 Å². The topological polar surface area (TPSA) is 49.7 Å². The molecule has 1 aromatic rings. The molecule has 0 radical (unpaired) electrons. The molecule has 0 amide bonds. The summed E-state index contributed by atoms with van der Waals surface area (Å²) in [7, 11) is -1.64. The van der Waals surface area contributed by atoms with E-state index in [0.29, 0.717) is 11.5 Å². The highest BCUT2D eigenvalue weighted by Gasteiger charge is 2.24. The molecule has 1 fully saturated rings. The van der Waals surface area contributed by atoms with Crippen LogP contribution in [-0.4, -0.2) is 23.3 Å². The lowest BCUT2D eigenvalue weighted by Gasteiger charge is -2.30. The van der Waals surface area contributed by atoms with Gasteiger partial charge in [0.2, 0.25) is 0 Å². The second-order valence-corrected chi connectivity index (χ2v) is 5.53. The number of benzene rings is 1. The molecular formula is C15H22BFO3. The molecule has 1 aromatic carbocycles. The number of hydrogen-bond donors (Lipinski definition) is 2. The minimum atomic E-state index is -1.64. The highest BCUT2D eigenvalue weighted by Crippen LogP contribution is 2.29. The molecule has 110 valence electrons. The minimum Gasteiger partial charge on any atom is -0.423 e. The normalized spacial score (nSPS) is 22.8. The Bertz CT molecular complexity index is 439. The molecule has 2 N–H and O–H groups in total. The molecule has 2 unspecified atom stereocenters. The van der Waals surface area contributed by atoms with E-state index in [-0.39, 0.29) is 18.2 Å². The zero-order valence-corrected chi connectivity index (χ0v) is 11.9. The van der Waals surface area contributed by atoms with Crippen molar-refractivity contribution >= 4 is 12.6 Å². The molecule has 2 rings (SSSR count). The van der Waals surface area contributed by atoms with Crippen LogP contribution in [0.3, 0.4) is 0 Å². The summed E-state index contributed by atoms with van der Waals surface area (Å²) in [6.07, 6.45) is 6.00. The van der Waals surface area contributed by atoms with Gasteiger partial charge in [0.1, 0.15) is 5.82 Å². The van der Waals surface area contributed by atoms with E-state index < -0.39 is 12.9 Å². The monoisotopic (exact) mass is 280 g/mol. The third-order valence-electron chi connectivity index (χ3n) is 4.19. The van der Waals surface area contributed by atoms with E-state index >= 15 is 0 Å². The summed E-state index contributed by atoms with van der Waals surface area (Å²) in [6.45, 7) is 2.42. The van der Waals surface area contributed by atoms with E-state index in [1.54, 1.807) is 6.07 Å². The molecule has 1 aliphatic carbocycles. The van der Waals surface area contributed by atoms with Gasteiger partial charge in [-0.05, 0) is 30.3 Å². The van der Waals surface area contributed by atoms with Gasteiger partial charge in [-0.2, -0.15) is 0 Å². The Balaban J connectivity index is 1.96. The van der Waals surface area contributed by atoms with E-state index in [2.05, 4.69) is 6.92 Å². The lowest BCUT2D eigenvalue weighted by atomic mass is 9.80. The summed E-state index contributed by atoms with van der Waals surface area (Å²) in [4.78, 5) is 0. The van der Waals surface area contributed by atoms with Crippen LogP contribution in [0.5, 0.6) is 0 Å². The Morgan fingerprint density at radius 3 is 2.70 bits per heavy atom. The maximum atomic E-state index is 13.8. The summed E-state index contributed by atoms with van der Waals surface area (Å²) in [6, 6.07) is 4.24.